The van der Waals surface area contributed by atoms with Gasteiger partial charge in [0, 0.05) is 13.0 Å². The average molecular weight is 215 g/mol. The van der Waals surface area contributed by atoms with Crippen LogP contribution < -0.4 is 5.73 Å². The Labute approximate surface area is 93.4 Å². The zero-order valence-corrected chi connectivity index (χ0v) is 10.1. The lowest BCUT2D eigenvalue weighted by molar-refractivity contribution is -0.141. The smallest absolute Gasteiger partial charge is 0.302 e. The van der Waals surface area contributed by atoms with Crippen molar-refractivity contribution in [2.45, 2.75) is 64.8 Å². The van der Waals surface area contributed by atoms with Crippen molar-refractivity contribution >= 4 is 5.97 Å². The fourth-order valence-electron chi connectivity index (χ4n) is 1.46. The van der Waals surface area contributed by atoms with Crippen LogP contribution in [0.3, 0.4) is 0 Å². The Bertz CT molecular complexity index is 160. The van der Waals surface area contributed by atoms with E-state index in [1.807, 2.05) is 0 Å². The number of carbonyl (C=O) groups excluding carboxylic acids is 1. The Morgan fingerprint density at radius 2 is 1.80 bits per heavy atom. The van der Waals surface area contributed by atoms with Gasteiger partial charge in [-0.3, -0.25) is 4.79 Å². The lowest BCUT2D eigenvalue weighted by atomic mass is 10.1. The van der Waals surface area contributed by atoms with Crippen molar-refractivity contribution in [2.75, 3.05) is 6.61 Å². The maximum absolute atomic E-state index is 10.5. The Morgan fingerprint density at radius 1 is 1.20 bits per heavy atom. The second-order valence-electron chi connectivity index (χ2n) is 4.06. The molecule has 0 bridgehead atoms. The molecule has 0 heterocycles. The minimum atomic E-state index is -0.177. The van der Waals surface area contributed by atoms with E-state index in [0.717, 1.165) is 25.7 Å². The van der Waals surface area contributed by atoms with E-state index in [0.29, 0.717) is 12.6 Å². The molecule has 0 aromatic rings. The molecule has 1 atom stereocenters. The minimum Gasteiger partial charge on any atom is -0.466 e. The molecule has 0 aliphatic heterocycles. The molecule has 15 heavy (non-hydrogen) atoms. The van der Waals surface area contributed by atoms with E-state index in [2.05, 4.69) is 6.92 Å². The molecule has 0 saturated carbocycles. The van der Waals surface area contributed by atoms with E-state index in [4.69, 9.17) is 10.5 Å². The number of ether oxygens (including phenoxy) is 1. The third-order valence-electron chi connectivity index (χ3n) is 2.55. The molecule has 0 aromatic heterocycles. The number of unbranched alkanes of at least 4 members (excludes halogenated alkanes) is 4. The molecule has 0 saturated heterocycles. The Balaban J connectivity index is 3.02. The van der Waals surface area contributed by atoms with Gasteiger partial charge >= 0.3 is 5.97 Å². The first-order valence-corrected chi connectivity index (χ1v) is 6.05. The monoisotopic (exact) mass is 215 g/mol. The highest BCUT2D eigenvalue weighted by Gasteiger charge is 1.98. The van der Waals surface area contributed by atoms with Gasteiger partial charge in [-0.05, 0) is 19.3 Å². The van der Waals surface area contributed by atoms with Crippen LogP contribution in [0.2, 0.25) is 0 Å². The molecular formula is C12H25NO2. The summed E-state index contributed by atoms with van der Waals surface area (Å²) < 4.78 is 4.85. The second kappa shape index (κ2) is 9.97. The highest BCUT2D eigenvalue weighted by atomic mass is 16.5. The van der Waals surface area contributed by atoms with Crippen LogP contribution in [0.4, 0.5) is 0 Å². The quantitative estimate of drug-likeness (QED) is 0.475. The summed E-state index contributed by atoms with van der Waals surface area (Å²) in [7, 11) is 0. The van der Waals surface area contributed by atoms with Crippen LogP contribution in [0.1, 0.15) is 58.8 Å². The summed E-state index contributed by atoms with van der Waals surface area (Å²) >= 11 is 0. The molecule has 0 aromatic carbocycles. The van der Waals surface area contributed by atoms with E-state index in [-0.39, 0.29) is 5.97 Å². The van der Waals surface area contributed by atoms with Crippen molar-refractivity contribution in [3.63, 3.8) is 0 Å². The predicted molar refractivity (Wildman–Crippen MR) is 62.6 cm³/mol. The number of rotatable bonds is 9. The van der Waals surface area contributed by atoms with Gasteiger partial charge in [0.2, 0.25) is 0 Å². The van der Waals surface area contributed by atoms with Gasteiger partial charge in [-0.25, -0.2) is 0 Å². The van der Waals surface area contributed by atoms with Crippen molar-refractivity contribution in [2.24, 2.45) is 5.73 Å². The third-order valence-corrected chi connectivity index (χ3v) is 2.55. The molecule has 0 fully saturated rings. The standard InChI is InChI=1S/C12H25NO2/c1-3-12(13)9-7-5-4-6-8-10-15-11(2)14/h12H,3-10,13H2,1-2H3. The zero-order valence-electron chi connectivity index (χ0n) is 10.1. The highest BCUT2D eigenvalue weighted by Crippen LogP contribution is 2.07. The molecule has 0 radical (unpaired) electrons. The molecule has 3 heteroatoms. The predicted octanol–water partition coefficient (Wildman–Crippen LogP) is 2.63. The lowest BCUT2D eigenvalue weighted by Crippen LogP contribution is -2.17. The Kier molecular flexibility index (Phi) is 9.59. The van der Waals surface area contributed by atoms with Crippen LogP contribution in [0, 0.1) is 0 Å². The molecule has 0 aliphatic rings. The molecule has 3 nitrogen and oxygen atoms in total. The van der Waals surface area contributed by atoms with Crippen molar-refractivity contribution in [3.8, 4) is 0 Å². The van der Waals surface area contributed by atoms with Gasteiger partial charge < -0.3 is 10.5 Å². The van der Waals surface area contributed by atoms with Crippen molar-refractivity contribution in [1.82, 2.24) is 0 Å². The number of hydrogen-bond acceptors (Lipinski definition) is 3. The first-order valence-electron chi connectivity index (χ1n) is 6.05. The van der Waals surface area contributed by atoms with Gasteiger partial charge in [0.05, 0.1) is 6.61 Å². The maximum atomic E-state index is 10.5. The van der Waals surface area contributed by atoms with E-state index < -0.39 is 0 Å². The van der Waals surface area contributed by atoms with E-state index in [1.165, 1.54) is 26.2 Å². The SMILES string of the molecule is CCC(N)CCCCCCCOC(C)=O. The fourth-order valence-corrected chi connectivity index (χ4v) is 1.46. The number of hydrogen-bond donors (Lipinski definition) is 1. The van der Waals surface area contributed by atoms with Crippen molar-refractivity contribution in [3.05, 3.63) is 0 Å². The Morgan fingerprint density at radius 3 is 2.40 bits per heavy atom. The van der Waals surface area contributed by atoms with E-state index in [1.54, 1.807) is 0 Å². The van der Waals surface area contributed by atoms with Crippen molar-refractivity contribution < 1.29 is 9.53 Å². The zero-order chi connectivity index (χ0) is 11.5. The topological polar surface area (TPSA) is 52.3 Å². The van der Waals surface area contributed by atoms with Crippen molar-refractivity contribution in [1.29, 1.82) is 0 Å². The second-order valence-corrected chi connectivity index (χ2v) is 4.06. The number of carbonyl (C=O) groups is 1. The van der Waals surface area contributed by atoms with Crippen LogP contribution in [-0.2, 0) is 9.53 Å². The van der Waals surface area contributed by atoms with Crippen LogP contribution in [0.25, 0.3) is 0 Å². The Hall–Kier alpha value is -0.570. The van der Waals surface area contributed by atoms with Gasteiger partial charge in [-0.2, -0.15) is 0 Å². The summed E-state index contributed by atoms with van der Waals surface area (Å²) in [6.07, 6.45) is 8.04. The normalized spacial score (nSPS) is 12.5. The summed E-state index contributed by atoms with van der Waals surface area (Å²) in [6, 6.07) is 0.381. The average Bonchev–Trinajstić information content (AvgIpc) is 2.21. The van der Waals surface area contributed by atoms with Gasteiger partial charge in [0.25, 0.3) is 0 Å². The first kappa shape index (κ1) is 14.4. The largest absolute Gasteiger partial charge is 0.466 e. The lowest BCUT2D eigenvalue weighted by Gasteiger charge is -2.07. The molecule has 2 N–H and O–H groups in total. The molecule has 90 valence electrons. The molecule has 0 spiro atoms. The van der Waals surface area contributed by atoms with Crippen LogP contribution in [0.15, 0.2) is 0 Å². The molecule has 0 aliphatic carbocycles. The molecule has 1 unspecified atom stereocenters. The summed E-state index contributed by atoms with van der Waals surface area (Å²) in [6.45, 7) is 4.15. The molecular weight excluding hydrogens is 190 g/mol. The molecule has 0 amide bonds. The van der Waals surface area contributed by atoms with Gasteiger partial charge in [-0.1, -0.05) is 32.6 Å². The van der Waals surface area contributed by atoms with E-state index in [9.17, 15) is 4.79 Å². The highest BCUT2D eigenvalue weighted by molar-refractivity contribution is 5.65. The van der Waals surface area contributed by atoms with Crippen LogP contribution in [-0.4, -0.2) is 18.6 Å². The maximum Gasteiger partial charge on any atom is 0.302 e. The number of esters is 1. The van der Waals surface area contributed by atoms with Gasteiger partial charge in [0.15, 0.2) is 0 Å². The summed E-state index contributed by atoms with van der Waals surface area (Å²) in [5.74, 6) is -0.177. The van der Waals surface area contributed by atoms with Gasteiger partial charge in [0.1, 0.15) is 0 Å². The number of nitrogens with two attached hydrogens (primary N) is 1. The van der Waals surface area contributed by atoms with Crippen LogP contribution in [0.5, 0.6) is 0 Å². The first-order chi connectivity index (χ1) is 7.16. The summed E-state index contributed by atoms with van der Waals surface area (Å²) in [4.78, 5) is 10.5. The third kappa shape index (κ3) is 11.4. The summed E-state index contributed by atoms with van der Waals surface area (Å²) in [5.41, 5.74) is 5.81. The van der Waals surface area contributed by atoms with Crippen LogP contribution >= 0.6 is 0 Å². The molecule has 0 rings (SSSR count). The van der Waals surface area contributed by atoms with E-state index >= 15 is 0 Å². The fraction of sp³-hybridized carbons (Fsp3) is 0.917. The minimum absolute atomic E-state index is 0.177. The van der Waals surface area contributed by atoms with Gasteiger partial charge in [-0.15, -0.1) is 0 Å². The summed E-state index contributed by atoms with van der Waals surface area (Å²) in [5, 5.41) is 0.